The van der Waals surface area contributed by atoms with E-state index in [1.54, 1.807) is 31.2 Å². The minimum absolute atomic E-state index is 0.102. The van der Waals surface area contributed by atoms with Crippen LogP contribution in [0.5, 0.6) is 0 Å². The lowest BCUT2D eigenvalue weighted by Gasteiger charge is -2.10. The molecule has 108 valence electrons. The molecule has 1 aromatic rings. The van der Waals surface area contributed by atoms with Gasteiger partial charge in [0.1, 0.15) is 0 Å². The van der Waals surface area contributed by atoms with Gasteiger partial charge in [-0.1, -0.05) is 12.1 Å². The summed E-state index contributed by atoms with van der Waals surface area (Å²) in [6.45, 7) is 2.73. The van der Waals surface area contributed by atoms with E-state index >= 15 is 0 Å². The maximum Gasteiger partial charge on any atom is 0.340 e. The molecule has 1 amide bonds. The van der Waals surface area contributed by atoms with Crippen LogP contribution in [0.2, 0.25) is 0 Å². The molecule has 2 rings (SSSR count). The van der Waals surface area contributed by atoms with Gasteiger partial charge in [0.05, 0.1) is 17.9 Å². The van der Waals surface area contributed by atoms with Gasteiger partial charge >= 0.3 is 5.97 Å². The van der Waals surface area contributed by atoms with Crippen LogP contribution in [0.15, 0.2) is 24.3 Å². The van der Waals surface area contributed by atoms with Crippen LogP contribution in [0, 0.1) is 0 Å². The second-order valence-corrected chi connectivity index (χ2v) is 4.79. The molecule has 0 radical (unpaired) electrons. The zero-order valence-corrected chi connectivity index (χ0v) is 11.6. The smallest absolute Gasteiger partial charge is 0.340 e. The minimum Gasteiger partial charge on any atom is -0.462 e. The SMILES string of the molecule is CCOC(=O)c1ccccc1NC(=O)CCNC1CC1. The fourth-order valence-electron chi connectivity index (χ4n) is 1.87. The maximum absolute atomic E-state index is 11.8. The Morgan fingerprint density at radius 3 is 2.75 bits per heavy atom. The van der Waals surface area contributed by atoms with Crippen LogP contribution in [0.25, 0.3) is 0 Å². The molecule has 20 heavy (non-hydrogen) atoms. The van der Waals surface area contributed by atoms with E-state index in [-0.39, 0.29) is 5.91 Å². The van der Waals surface area contributed by atoms with Gasteiger partial charge < -0.3 is 15.4 Å². The summed E-state index contributed by atoms with van der Waals surface area (Å²) in [5.41, 5.74) is 0.889. The number of benzene rings is 1. The molecular formula is C15H20N2O3. The molecule has 2 N–H and O–H groups in total. The first kappa shape index (κ1) is 14.5. The second-order valence-electron chi connectivity index (χ2n) is 4.79. The van der Waals surface area contributed by atoms with Crippen LogP contribution >= 0.6 is 0 Å². The molecule has 0 spiro atoms. The molecule has 0 saturated heterocycles. The van der Waals surface area contributed by atoms with E-state index in [2.05, 4.69) is 10.6 Å². The van der Waals surface area contributed by atoms with E-state index < -0.39 is 5.97 Å². The molecule has 0 aliphatic heterocycles. The van der Waals surface area contributed by atoms with Crippen LogP contribution in [0.4, 0.5) is 5.69 Å². The van der Waals surface area contributed by atoms with Crippen LogP contribution in [-0.4, -0.2) is 31.1 Å². The molecule has 1 saturated carbocycles. The number of rotatable bonds is 7. The molecule has 5 nitrogen and oxygen atoms in total. The summed E-state index contributed by atoms with van der Waals surface area (Å²) in [4.78, 5) is 23.6. The lowest BCUT2D eigenvalue weighted by molar-refractivity contribution is -0.116. The first-order valence-corrected chi connectivity index (χ1v) is 7.00. The molecule has 1 aliphatic rings. The largest absolute Gasteiger partial charge is 0.462 e. The fourth-order valence-corrected chi connectivity index (χ4v) is 1.87. The maximum atomic E-state index is 11.8. The Morgan fingerprint density at radius 2 is 2.05 bits per heavy atom. The monoisotopic (exact) mass is 276 g/mol. The Kier molecular flexibility index (Phi) is 5.12. The number of para-hydroxylation sites is 1. The Labute approximate surface area is 118 Å². The molecule has 0 atom stereocenters. The molecule has 1 fully saturated rings. The second kappa shape index (κ2) is 7.05. The average Bonchev–Trinajstić information content (AvgIpc) is 3.24. The van der Waals surface area contributed by atoms with Crippen molar-refractivity contribution in [1.29, 1.82) is 0 Å². The van der Waals surface area contributed by atoms with Gasteiger partial charge in [0.15, 0.2) is 0 Å². The fraction of sp³-hybridized carbons (Fsp3) is 0.467. The number of hydrogen-bond donors (Lipinski definition) is 2. The van der Waals surface area contributed by atoms with Gasteiger partial charge in [-0.05, 0) is 31.9 Å². The average molecular weight is 276 g/mol. The molecule has 0 bridgehead atoms. The number of anilines is 1. The highest BCUT2D eigenvalue weighted by atomic mass is 16.5. The third kappa shape index (κ3) is 4.35. The molecular weight excluding hydrogens is 256 g/mol. The lowest BCUT2D eigenvalue weighted by atomic mass is 10.1. The van der Waals surface area contributed by atoms with Crippen molar-refractivity contribution in [2.24, 2.45) is 0 Å². The summed E-state index contributed by atoms with van der Waals surface area (Å²) in [5.74, 6) is -0.519. The number of carbonyl (C=O) groups excluding carboxylic acids is 2. The summed E-state index contributed by atoms with van der Waals surface area (Å²) in [6, 6.07) is 7.47. The number of nitrogens with one attached hydrogen (secondary N) is 2. The van der Waals surface area contributed by atoms with Crippen molar-refractivity contribution in [3.63, 3.8) is 0 Å². The Hall–Kier alpha value is -1.88. The van der Waals surface area contributed by atoms with E-state index in [1.165, 1.54) is 12.8 Å². The minimum atomic E-state index is -0.417. The van der Waals surface area contributed by atoms with Crippen molar-refractivity contribution < 1.29 is 14.3 Å². The van der Waals surface area contributed by atoms with Crippen molar-refractivity contribution in [3.8, 4) is 0 Å². The van der Waals surface area contributed by atoms with Crippen molar-refractivity contribution in [3.05, 3.63) is 29.8 Å². The number of carbonyl (C=O) groups is 2. The Balaban J connectivity index is 1.89. The summed E-state index contributed by atoms with van der Waals surface area (Å²) < 4.78 is 4.97. The summed E-state index contributed by atoms with van der Waals surface area (Å²) >= 11 is 0. The summed E-state index contributed by atoms with van der Waals surface area (Å²) in [6.07, 6.45) is 2.80. The van der Waals surface area contributed by atoms with Gasteiger partial charge in [-0.2, -0.15) is 0 Å². The number of amides is 1. The highest BCUT2D eigenvalue weighted by Gasteiger charge is 2.20. The predicted octanol–water partition coefficient (Wildman–Crippen LogP) is 1.94. The molecule has 0 heterocycles. The van der Waals surface area contributed by atoms with Crippen LogP contribution < -0.4 is 10.6 Å². The zero-order valence-electron chi connectivity index (χ0n) is 11.6. The Bertz CT molecular complexity index is 484. The topological polar surface area (TPSA) is 67.4 Å². The van der Waals surface area contributed by atoms with Gasteiger partial charge in [0, 0.05) is 19.0 Å². The number of esters is 1. The molecule has 0 unspecified atom stereocenters. The normalized spacial score (nSPS) is 13.8. The van der Waals surface area contributed by atoms with E-state index in [0.29, 0.717) is 36.9 Å². The predicted molar refractivity (Wildman–Crippen MR) is 76.7 cm³/mol. The van der Waals surface area contributed by atoms with Gasteiger partial charge in [0.2, 0.25) is 5.91 Å². The van der Waals surface area contributed by atoms with Crippen molar-refractivity contribution in [2.75, 3.05) is 18.5 Å². The van der Waals surface area contributed by atoms with Crippen LogP contribution in [0.3, 0.4) is 0 Å². The number of hydrogen-bond acceptors (Lipinski definition) is 4. The zero-order chi connectivity index (χ0) is 14.4. The highest BCUT2D eigenvalue weighted by molar-refractivity contribution is 6.01. The van der Waals surface area contributed by atoms with Gasteiger partial charge in [-0.25, -0.2) is 4.79 Å². The Morgan fingerprint density at radius 1 is 1.30 bits per heavy atom. The van der Waals surface area contributed by atoms with Crippen LogP contribution in [0.1, 0.15) is 36.5 Å². The number of ether oxygens (including phenoxy) is 1. The van der Waals surface area contributed by atoms with Crippen molar-refractivity contribution in [2.45, 2.75) is 32.2 Å². The third-order valence-corrected chi connectivity index (χ3v) is 3.06. The van der Waals surface area contributed by atoms with Gasteiger partial charge in [-0.3, -0.25) is 4.79 Å². The van der Waals surface area contributed by atoms with Crippen molar-refractivity contribution >= 4 is 17.6 Å². The lowest BCUT2D eigenvalue weighted by Crippen LogP contribution is -2.24. The summed E-state index contributed by atoms with van der Waals surface area (Å²) in [5, 5.41) is 6.04. The van der Waals surface area contributed by atoms with E-state index in [1.807, 2.05) is 0 Å². The van der Waals surface area contributed by atoms with Crippen LogP contribution in [-0.2, 0) is 9.53 Å². The third-order valence-electron chi connectivity index (χ3n) is 3.06. The quantitative estimate of drug-likeness (QED) is 0.747. The molecule has 1 aromatic carbocycles. The van der Waals surface area contributed by atoms with E-state index in [0.717, 1.165) is 0 Å². The highest BCUT2D eigenvalue weighted by Crippen LogP contribution is 2.19. The summed E-state index contributed by atoms with van der Waals surface area (Å²) in [7, 11) is 0. The first-order chi connectivity index (χ1) is 9.70. The van der Waals surface area contributed by atoms with Gasteiger partial charge in [0.25, 0.3) is 0 Å². The van der Waals surface area contributed by atoms with E-state index in [4.69, 9.17) is 4.74 Å². The van der Waals surface area contributed by atoms with Gasteiger partial charge in [-0.15, -0.1) is 0 Å². The standard InChI is InChI=1S/C15H20N2O3/c1-2-20-15(19)12-5-3-4-6-13(12)17-14(18)9-10-16-11-7-8-11/h3-6,11,16H,2,7-10H2,1H3,(H,17,18). The molecule has 5 heteroatoms. The first-order valence-electron chi connectivity index (χ1n) is 7.00. The van der Waals surface area contributed by atoms with Crippen molar-refractivity contribution in [1.82, 2.24) is 5.32 Å². The molecule has 0 aromatic heterocycles. The molecule has 1 aliphatic carbocycles. The van der Waals surface area contributed by atoms with E-state index in [9.17, 15) is 9.59 Å².